The van der Waals surface area contributed by atoms with Crippen LogP contribution in [0.2, 0.25) is 0 Å². The SMILES string of the molecule is O=C(O)C1CN(c2ncnc3[nH]ccc23)CCC1C(F)(F)F. The number of carboxylic acids is 1. The summed E-state index contributed by atoms with van der Waals surface area (Å²) in [6, 6.07) is 1.72. The smallest absolute Gasteiger partial charge is 0.392 e. The number of aromatic nitrogens is 3. The number of hydrogen-bond acceptors (Lipinski definition) is 4. The Bertz CT molecular complexity index is 700. The number of aliphatic carboxylic acids is 1. The van der Waals surface area contributed by atoms with Crippen molar-refractivity contribution in [2.24, 2.45) is 11.8 Å². The maximum Gasteiger partial charge on any atom is 0.392 e. The van der Waals surface area contributed by atoms with E-state index in [0.29, 0.717) is 16.9 Å². The largest absolute Gasteiger partial charge is 0.481 e. The molecule has 2 atom stereocenters. The monoisotopic (exact) mass is 314 g/mol. The topological polar surface area (TPSA) is 82.1 Å². The Morgan fingerprint density at radius 3 is 2.86 bits per heavy atom. The van der Waals surface area contributed by atoms with Crippen LogP contribution in [0.25, 0.3) is 11.0 Å². The van der Waals surface area contributed by atoms with E-state index in [-0.39, 0.29) is 19.5 Å². The minimum atomic E-state index is -4.51. The first-order valence-electron chi connectivity index (χ1n) is 6.70. The van der Waals surface area contributed by atoms with Gasteiger partial charge in [0.25, 0.3) is 0 Å². The van der Waals surface area contributed by atoms with Crippen molar-refractivity contribution in [2.45, 2.75) is 12.6 Å². The molecule has 0 bridgehead atoms. The summed E-state index contributed by atoms with van der Waals surface area (Å²) in [5.41, 5.74) is 0.565. The van der Waals surface area contributed by atoms with Crippen LogP contribution in [-0.4, -0.2) is 45.3 Å². The van der Waals surface area contributed by atoms with Crippen LogP contribution in [-0.2, 0) is 4.79 Å². The highest BCUT2D eigenvalue weighted by molar-refractivity contribution is 5.87. The zero-order valence-corrected chi connectivity index (χ0v) is 11.3. The lowest BCUT2D eigenvalue weighted by Gasteiger charge is -2.38. The number of anilines is 1. The average molecular weight is 314 g/mol. The van der Waals surface area contributed by atoms with Crippen molar-refractivity contribution in [3.63, 3.8) is 0 Å². The highest BCUT2D eigenvalue weighted by Crippen LogP contribution is 2.39. The zero-order chi connectivity index (χ0) is 15.9. The van der Waals surface area contributed by atoms with Crippen LogP contribution in [0, 0.1) is 11.8 Å². The predicted molar refractivity (Wildman–Crippen MR) is 71.4 cm³/mol. The van der Waals surface area contributed by atoms with Gasteiger partial charge in [0.05, 0.1) is 17.2 Å². The normalized spacial score (nSPS) is 23.0. The second-order valence-electron chi connectivity index (χ2n) is 5.26. The number of piperidine rings is 1. The molecule has 1 aliphatic heterocycles. The molecule has 0 radical (unpaired) electrons. The fourth-order valence-electron chi connectivity index (χ4n) is 2.90. The lowest BCUT2D eigenvalue weighted by molar-refractivity contribution is -0.199. The molecule has 2 N–H and O–H groups in total. The lowest BCUT2D eigenvalue weighted by atomic mass is 9.85. The summed E-state index contributed by atoms with van der Waals surface area (Å²) in [4.78, 5) is 23.8. The number of carbonyl (C=O) groups is 1. The second-order valence-corrected chi connectivity index (χ2v) is 5.26. The average Bonchev–Trinajstić information content (AvgIpc) is 2.93. The summed E-state index contributed by atoms with van der Waals surface area (Å²) in [7, 11) is 0. The number of halogens is 3. The summed E-state index contributed by atoms with van der Waals surface area (Å²) in [6.45, 7) is -0.123. The molecule has 0 amide bonds. The van der Waals surface area contributed by atoms with Gasteiger partial charge in [-0.2, -0.15) is 13.2 Å². The first-order valence-corrected chi connectivity index (χ1v) is 6.70. The molecular formula is C13H13F3N4O2. The van der Waals surface area contributed by atoms with Crippen LogP contribution in [0.3, 0.4) is 0 Å². The number of fused-ring (bicyclic) bond motifs is 1. The van der Waals surface area contributed by atoms with Crippen LogP contribution < -0.4 is 4.90 Å². The molecule has 0 aliphatic carbocycles. The van der Waals surface area contributed by atoms with E-state index in [2.05, 4.69) is 15.0 Å². The van der Waals surface area contributed by atoms with Gasteiger partial charge in [0.1, 0.15) is 17.8 Å². The standard InChI is InChI=1S/C13H13F3N4O2/c14-13(15,16)9-2-4-20(5-8(9)12(21)22)11-7-1-3-17-10(7)18-6-19-11/h1,3,6,8-9H,2,4-5H2,(H,21,22)(H,17,18,19). The van der Waals surface area contributed by atoms with Crippen molar-refractivity contribution in [1.82, 2.24) is 15.0 Å². The molecule has 2 aromatic rings. The van der Waals surface area contributed by atoms with Crippen molar-refractivity contribution in [1.29, 1.82) is 0 Å². The maximum atomic E-state index is 13.0. The quantitative estimate of drug-likeness (QED) is 0.886. The third kappa shape index (κ3) is 2.46. The van der Waals surface area contributed by atoms with Gasteiger partial charge in [-0.3, -0.25) is 4.79 Å². The van der Waals surface area contributed by atoms with E-state index in [9.17, 15) is 18.0 Å². The second kappa shape index (κ2) is 5.15. The minimum Gasteiger partial charge on any atom is -0.481 e. The Balaban J connectivity index is 1.92. The molecule has 2 aromatic heterocycles. The van der Waals surface area contributed by atoms with E-state index in [1.165, 1.54) is 6.33 Å². The highest BCUT2D eigenvalue weighted by Gasteiger charge is 2.50. The van der Waals surface area contributed by atoms with Gasteiger partial charge >= 0.3 is 12.1 Å². The van der Waals surface area contributed by atoms with Crippen LogP contribution in [0.1, 0.15) is 6.42 Å². The summed E-state index contributed by atoms with van der Waals surface area (Å²) in [5, 5.41) is 9.81. The number of rotatable bonds is 2. The fraction of sp³-hybridized carbons (Fsp3) is 0.462. The van der Waals surface area contributed by atoms with E-state index in [4.69, 9.17) is 5.11 Å². The Hall–Kier alpha value is -2.32. The molecule has 1 saturated heterocycles. The van der Waals surface area contributed by atoms with Gasteiger partial charge in [0.2, 0.25) is 0 Å². The van der Waals surface area contributed by atoms with Crippen molar-refractivity contribution in [2.75, 3.05) is 18.0 Å². The molecule has 9 heteroatoms. The molecule has 3 heterocycles. The summed E-state index contributed by atoms with van der Waals surface area (Å²) in [6.07, 6.45) is -1.82. The van der Waals surface area contributed by atoms with Crippen molar-refractivity contribution in [3.05, 3.63) is 18.6 Å². The van der Waals surface area contributed by atoms with Gasteiger partial charge in [-0.1, -0.05) is 0 Å². The number of nitrogens with one attached hydrogen (secondary N) is 1. The van der Waals surface area contributed by atoms with E-state index in [1.807, 2.05) is 0 Å². The first kappa shape index (κ1) is 14.6. The molecule has 1 fully saturated rings. The Morgan fingerprint density at radius 1 is 1.41 bits per heavy atom. The number of carboxylic acid groups (broad SMARTS) is 1. The summed E-state index contributed by atoms with van der Waals surface area (Å²) >= 11 is 0. The van der Waals surface area contributed by atoms with Gasteiger partial charge in [-0.15, -0.1) is 0 Å². The molecule has 0 spiro atoms. The van der Waals surface area contributed by atoms with Gasteiger partial charge in [0.15, 0.2) is 0 Å². The van der Waals surface area contributed by atoms with Crippen molar-refractivity contribution < 1.29 is 23.1 Å². The molecule has 1 aliphatic rings. The van der Waals surface area contributed by atoms with Crippen molar-refractivity contribution in [3.8, 4) is 0 Å². The Kier molecular flexibility index (Phi) is 3.42. The van der Waals surface area contributed by atoms with Gasteiger partial charge in [-0.25, -0.2) is 9.97 Å². The number of alkyl halides is 3. The molecular weight excluding hydrogens is 301 g/mol. The minimum absolute atomic E-state index is 0.102. The van der Waals surface area contributed by atoms with E-state index in [0.717, 1.165) is 0 Å². The number of H-pyrrole nitrogens is 1. The number of aromatic amines is 1. The van der Waals surface area contributed by atoms with Crippen LogP contribution in [0.4, 0.5) is 19.0 Å². The third-order valence-electron chi connectivity index (χ3n) is 3.98. The maximum absolute atomic E-state index is 13.0. The number of nitrogens with zero attached hydrogens (tertiary/aromatic N) is 3. The molecule has 0 saturated carbocycles. The first-order chi connectivity index (χ1) is 10.4. The molecule has 6 nitrogen and oxygen atoms in total. The molecule has 0 aromatic carbocycles. The summed E-state index contributed by atoms with van der Waals surface area (Å²) in [5.74, 6) is -4.31. The Labute approximate surface area is 123 Å². The zero-order valence-electron chi connectivity index (χ0n) is 11.3. The fourth-order valence-corrected chi connectivity index (χ4v) is 2.90. The highest BCUT2D eigenvalue weighted by atomic mass is 19.4. The van der Waals surface area contributed by atoms with Gasteiger partial charge in [-0.05, 0) is 12.5 Å². The van der Waals surface area contributed by atoms with E-state index < -0.39 is 24.0 Å². The van der Waals surface area contributed by atoms with Crippen molar-refractivity contribution >= 4 is 22.8 Å². The van der Waals surface area contributed by atoms with Gasteiger partial charge < -0.3 is 15.0 Å². The molecule has 2 unspecified atom stereocenters. The summed E-state index contributed by atoms with van der Waals surface area (Å²) < 4.78 is 38.9. The van der Waals surface area contributed by atoms with Crippen LogP contribution >= 0.6 is 0 Å². The van der Waals surface area contributed by atoms with E-state index >= 15 is 0 Å². The molecule has 3 rings (SSSR count). The third-order valence-corrected chi connectivity index (χ3v) is 3.98. The van der Waals surface area contributed by atoms with E-state index in [1.54, 1.807) is 17.2 Å². The van der Waals surface area contributed by atoms with Gasteiger partial charge in [0, 0.05) is 19.3 Å². The number of hydrogen-bond donors (Lipinski definition) is 2. The van der Waals surface area contributed by atoms with Crippen LogP contribution in [0.15, 0.2) is 18.6 Å². The van der Waals surface area contributed by atoms with Crippen LogP contribution in [0.5, 0.6) is 0 Å². The molecule has 118 valence electrons. The lowest BCUT2D eigenvalue weighted by Crippen LogP contribution is -2.49. The Morgan fingerprint density at radius 2 is 2.18 bits per heavy atom. The molecule has 22 heavy (non-hydrogen) atoms. The predicted octanol–water partition coefficient (Wildman–Crippen LogP) is 2.05.